The van der Waals surface area contributed by atoms with Crippen molar-refractivity contribution in [1.29, 1.82) is 0 Å². The fourth-order valence-electron chi connectivity index (χ4n) is 2.30. The first-order chi connectivity index (χ1) is 12.6. The molecule has 0 aliphatic rings. The van der Waals surface area contributed by atoms with E-state index >= 15 is 0 Å². The summed E-state index contributed by atoms with van der Waals surface area (Å²) in [7, 11) is 0. The second-order valence-corrected chi connectivity index (χ2v) is 6.62. The number of halogens is 1. The monoisotopic (exact) mass is 433 g/mol. The van der Waals surface area contributed by atoms with Gasteiger partial charge in [0, 0.05) is 23.3 Å². The summed E-state index contributed by atoms with van der Waals surface area (Å²) in [5.74, 6) is 1.49. The van der Waals surface area contributed by atoms with Crippen LogP contribution in [0.1, 0.15) is 23.1 Å². The Kier molecular flexibility index (Phi) is 5.79. The van der Waals surface area contributed by atoms with Gasteiger partial charge in [-0.15, -0.1) is 0 Å². The molecule has 0 fully saturated rings. The SMILES string of the molecule is CCn1c(CNC(=O)c2ccc(Oc3cccc(Br)c3)nc2)n[nH]c1=S. The van der Waals surface area contributed by atoms with E-state index in [-0.39, 0.29) is 12.5 Å². The third-order valence-corrected chi connectivity index (χ3v) is 4.38. The first kappa shape index (κ1) is 18.3. The summed E-state index contributed by atoms with van der Waals surface area (Å²) in [6.07, 6.45) is 1.47. The van der Waals surface area contributed by atoms with E-state index in [0.29, 0.717) is 34.3 Å². The number of hydrogen-bond acceptors (Lipinski definition) is 5. The summed E-state index contributed by atoms with van der Waals surface area (Å²) in [5.41, 5.74) is 0.434. The fourth-order valence-corrected chi connectivity index (χ4v) is 2.96. The lowest BCUT2D eigenvalue weighted by Crippen LogP contribution is -2.24. The number of benzene rings is 1. The van der Waals surface area contributed by atoms with Crippen molar-refractivity contribution in [3.05, 3.63) is 63.2 Å². The molecule has 0 saturated heterocycles. The number of amides is 1. The quantitative estimate of drug-likeness (QED) is 0.576. The van der Waals surface area contributed by atoms with E-state index in [2.05, 4.69) is 36.4 Å². The normalized spacial score (nSPS) is 10.5. The third-order valence-electron chi connectivity index (χ3n) is 3.58. The largest absolute Gasteiger partial charge is 0.439 e. The number of aromatic nitrogens is 4. The molecule has 0 bridgehead atoms. The van der Waals surface area contributed by atoms with E-state index < -0.39 is 0 Å². The van der Waals surface area contributed by atoms with Crippen LogP contribution in [-0.2, 0) is 13.1 Å². The first-order valence-corrected chi connectivity index (χ1v) is 9.08. The van der Waals surface area contributed by atoms with Gasteiger partial charge in [0.2, 0.25) is 5.88 Å². The molecule has 0 aliphatic carbocycles. The molecule has 0 atom stereocenters. The molecule has 3 rings (SSSR count). The lowest BCUT2D eigenvalue weighted by Gasteiger charge is -2.07. The predicted octanol–water partition coefficient (Wildman–Crippen LogP) is 3.84. The van der Waals surface area contributed by atoms with Gasteiger partial charge in [-0.05, 0) is 43.4 Å². The number of rotatable bonds is 6. The van der Waals surface area contributed by atoms with Crippen LogP contribution in [0.5, 0.6) is 11.6 Å². The molecule has 0 saturated carbocycles. The number of nitrogens with one attached hydrogen (secondary N) is 2. The Labute approximate surface area is 163 Å². The molecule has 7 nitrogen and oxygen atoms in total. The van der Waals surface area contributed by atoms with Crippen molar-refractivity contribution in [3.8, 4) is 11.6 Å². The van der Waals surface area contributed by atoms with Gasteiger partial charge in [0.05, 0.1) is 12.1 Å². The van der Waals surface area contributed by atoms with Crippen molar-refractivity contribution in [1.82, 2.24) is 25.1 Å². The molecule has 1 aromatic carbocycles. The van der Waals surface area contributed by atoms with Gasteiger partial charge in [0.1, 0.15) is 5.75 Å². The van der Waals surface area contributed by atoms with Crippen LogP contribution < -0.4 is 10.1 Å². The highest BCUT2D eigenvalue weighted by molar-refractivity contribution is 9.10. The smallest absolute Gasteiger partial charge is 0.253 e. The summed E-state index contributed by atoms with van der Waals surface area (Å²) in [6, 6.07) is 10.7. The Morgan fingerprint density at radius 2 is 2.23 bits per heavy atom. The zero-order valence-corrected chi connectivity index (χ0v) is 16.3. The molecule has 26 heavy (non-hydrogen) atoms. The van der Waals surface area contributed by atoms with Crippen LogP contribution in [0.25, 0.3) is 0 Å². The molecule has 1 amide bonds. The zero-order valence-electron chi connectivity index (χ0n) is 13.9. The number of hydrogen-bond donors (Lipinski definition) is 2. The molecular formula is C17H16BrN5O2S. The maximum absolute atomic E-state index is 12.3. The lowest BCUT2D eigenvalue weighted by molar-refractivity contribution is 0.0949. The molecule has 134 valence electrons. The van der Waals surface area contributed by atoms with E-state index in [0.717, 1.165) is 4.47 Å². The molecule has 0 aliphatic heterocycles. The number of H-pyrrole nitrogens is 1. The van der Waals surface area contributed by atoms with Gasteiger partial charge in [0.15, 0.2) is 10.6 Å². The number of ether oxygens (including phenoxy) is 1. The minimum Gasteiger partial charge on any atom is -0.439 e. The van der Waals surface area contributed by atoms with Gasteiger partial charge in [-0.3, -0.25) is 9.89 Å². The summed E-state index contributed by atoms with van der Waals surface area (Å²) in [6.45, 7) is 2.92. The number of carbonyl (C=O) groups is 1. The lowest BCUT2D eigenvalue weighted by atomic mass is 10.2. The van der Waals surface area contributed by atoms with Gasteiger partial charge >= 0.3 is 0 Å². The Morgan fingerprint density at radius 3 is 2.92 bits per heavy atom. The van der Waals surface area contributed by atoms with Crippen molar-refractivity contribution >= 4 is 34.1 Å². The van der Waals surface area contributed by atoms with Crippen molar-refractivity contribution in [3.63, 3.8) is 0 Å². The molecular weight excluding hydrogens is 418 g/mol. The van der Waals surface area contributed by atoms with Crippen molar-refractivity contribution in [2.75, 3.05) is 0 Å². The minimum atomic E-state index is -0.247. The van der Waals surface area contributed by atoms with Crippen LogP contribution >= 0.6 is 28.1 Å². The van der Waals surface area contributed by atoms with Crippen LogP contribution in [0.4, 0.5) is 0 Å². The maximum Gasteiger partial charge on any atom is 0.253 e. The highest BCUT2D eigenvalue weighted by Gasteiger charge is 2.10. The number of carbonyl (C=O) groups excluding carboxylic acids is 1. The predicted molar refractivity (Wildman–Crippen MR) is 103 cm³/mol. The molecule has 2 N–H and O–H groups in total. The second kappa shape index (κ2) is 8.24. The fraction of sp³-hybridized carbons (Fsp3) is 0.176. The Balaban J connectivity index is 1.62. The summed E-state index contributed by atoms with van der Waals surface area (Å²) < 4.78 is 8.92. The van der Waals surface area contributed by atoms with Crippen LogP contribution in [0.2, 0.25) is 0 Å². The van der Waals surface area contributed by atoms with Gasteiger partial charge in [-0.1, -0.05) is 22.0 Å². The maximum atomic E-state index is 12.3. The Morgan fingerprint density at radius 1 is 1.38 bits per heavy atom. The van der Waals surface area contributed by atoms with Gasteiger partial charge in [-0.2, -0.15) is 5.10 Å². The average Bonchev–Trinajstić information content (AvgIpc) is 3.00. The molecule has 9 heteroatoms. The zero-order chi connectivity index (χ0) is 18.5. The average molecular weight is 434 g/mol. The van der Waals surface area contributed by atoms with Gasteiger partial charge in [0.25, 0.3) is 5.91 Å². The molecule has 0 radical (unpaired) electrons. The Hall–Kier alpha value is -2.52. The summed E-state index contributed by atoms with van der Waals surface area (Å²) >= 11 is 8.51. The highest BCUT2D eigenvalue weighted by atomic mass is 79.9. The van der Waals surface area contributed by atoms with Gasteiger partial charge in [-0.25, -0.2) is 4.98 Å². The molecule has 2 heterocycles. The van der Waals surface area contributed by atoms with Crippen molar-refractivity contribution in [2.24, 2.45) is 0 Å². The van der Waals surface area contributed by atoms with E-state index in [9.17, 15) is 4.79 Å². The standard InChI is InChI=1S/C17H16BrN5O2S/c1-2-23-14(21-22-17(23)26)10-20-16(24)11-6-7-15(19-9-11)25-13-5-3-4-12(18)8-13/h3-9H,2,10H2,1H3,(H,20,24)(H,22,26). The molecule has 0 unspecified atom stereocenters. The van der Waals surface area contributed by atoms with E-state index in [1.807, 2.05) is 35.8 Å². The van der Waals surface area contributed by atoms with Crippen LogP contribution in [-0.4, -0.2) is 25.7 Å². The summed E-state index contributed by atoms with van der Waals surface area (Å²) in [5, 5.41) is 9.63. The van der Waals surface area contributed by atoms with Crippen molar-refractivity contribution in [2.45, 2.75) is 20.0 Å². The minimum absolute atomic E-state index is 0.247. The van der Waals surface area contributed by atoms with Crippen molar-refractivity contribution < 1.29 is 9.53 Å². The van der Waals surface area contributed by atoms with Crippen LogP contribution in [0.15, 0.2) is 47.1 Å². The first-order valence-electron chi connectivity index (χ1n) is 7.88. The van der Waals surface area contributed by atoms with E-state index in [1.165, 1.54) is 6.20 Å². The number of aromatic amines is 1. The van der Waals surface area contributed by atoms with Crippen LogP contribution in [0.3, 0.4) is 0 Å². The third kappa shape index (κ3) is 4.36. The summed E-state index contributed by atoms with van der Waals surface area (Å²) in [4.78, 5) is 16.4. The molecule has 3 aromatic rings. The Bertz CT molecular complexity index is 968. The van der Waals surface area contributed by atoms with Crippen LogP contribution in [0, 0.1) is 4.77 Å². The highest BCUT2D eigenvalue weighted by Crippen LogP contribution is 2.22. The second-order valence-electron chi connectivity index (χ2n) is 5.32. The molecule has 0 spiro atoms. The van der Waals surface area contributed by atoms with E-state index in [4.69, 9.17) is 17.0 Å². The number of nitrogens with zero attached hydrogens (tertiary/aromatic N) is 3. The van der Waals surface area contributed by atoms with E-state index in [1.54, 1.807) is 12.1 Å². The number of pyridine rings is 1. The topological polar surface area (TPSA) is 84.8 Å². The van der Waals surface area contributed by atoms with Gasteiger partial charge < -0.3 is 14.6 Å². The molecule has 2 aromatic heterocycles.